The summed E-state index contributed by atoms with van der Waals surface area (Å²) in [5.74, 6) is 0.172. The van der Waals surface area contributed by atoms with Gasteiger partial charge in [-0.3, -0.25) is 4.79 Å². The van der Waals surface area contributed by atoms with Crippen LogP contribution in [0.5, 0.6) is 0 Å². The lowest BCUT2D eigenvalue weighted by molar-refractivity contribution is -0.121. The van der Waals surface area contributed by atoms with Crippen molar-refractivity contribution in [2.24, 2.45) is 0 Å². The lowest BCUT2D eigenvalue weighted by atomic mass is 10.1. The molecule has 1 aromatic rings. The number of carbonyl (C=O) groups is 1. The molecule has 0 aliphatic heterocycles. The molecule has 0 spiro atoms. The Morgan fingerprint density at radius 2 is 1.72 bits per heavy atom. The largest absolute Gasteiger partial charge is 0.356 e. The number of imidazole rings is 1. The highest BCUT2D eigenvalue weighted by Gasteiger charge is 2.01. The van der Waals surface area contributed by atoms with Crippen molar-refractivity contribution >= 4 is 5.91 Å². The van der Waals surface area contributed by atoms with Crippen LogP contribution in [0.3, 0.4) is 0 Å². The molecule has 0 saturated heterocycles. The number of aromatic amines is 1. The Morgan fingerprint density at radius 3 is 2.40 bits per heavy atom. The summed E-state index contributed by atoms with van der Waals surface area (Å²) < 4.78 is 0. The second kappa shape index (κ2) is 15.9. The molecule has 0 radical (unpaired) electrons. The number of amides is 1. The molecular weight excluding hydrogens is 310 g/mol. The predicted molar refractivity (Wildman–Crippen MR) is 106 cm³/mol. The van der Waals surface area contributed by atoms with Crippen LogP contribution < -0.4 is 5.32 Å². The Labute approximate surface area is 153 Å². The van der Waals surface area contributed by atoms with E-state index in [2.05, 4.69) is 34.4 Å². The minimum atomic E-state index is 0.172. The third kappa shape index (κ3) is 13.4. The molecule has 1 amide bonds. The number of hydrogen-bond donors (Lipinski definition) is 2. The fourth-order valence-electron chi connectivity index (χ4n) is 2.85. The van der Waals surface area contributed by atoms with E-state index in [9.17, 15) is 4.79 Å². The highest BCUT2D eigenvalue weighted by molar-refractivity contribution is 5.75. The molecular formula is C21H37N3O. The molecule has 0 aromatic carbocycles. The molecule has 4 nitrogen and oxygen atoms in total. The van der Waals surface area contributed by atoms with Crippen LogP contribution in [0.2, 0.25) is 0 Å². The number of rotatable bonds is 16. The molecule has 0 saturated carbocycles. The Hall–Kier alpha value is -1.58. The molecule has 0 atom stereocenters. The monoisotopic (exact) mass is 347 g/mol. The zero-order valence-corrected chi connectivity index (χ0v) is 16.1. The molecule has 25 heavy (non-hydrogen) atoms. The maximum Gasteiger partial charge on any atom is 0.220 e. The second-order valence-corrected chi connectivity index (χ2v) is 6.80. The van der Waals surface area contributed by atoms with Crippen LogP contribution in [-0.4, -0.2) is 22.4 Å². The highest BCUT2D eigenvalue weighted by atomic mass is 16.1. The van der Waals surface area contributed by atoms with Crippen molar-refractivity contribution in [3.63, 3.8) is 0 Å². The normalized spacial score (nSPS) is 11.2. The predicted octanol–water partition coefficient (Wildman–Crippen LogP) is 5.33. The lowest BCUT2D eigenvalue weighted by Gasteiger charge is -2.04. The fourth-order valence-corrected chi connectivity index (χ4v) is 2.85. The molecule has 2 N–H and O–H groups in total. The van der Waals surface area contributed by atoms with E-state index >= 15 is 0 Å². The van der Waals surface area contributed by atoms with Crippen LogP contribution in [0, 0.1) is 0 Å². The molecule has 1 heterocycles. The van der Waals surface area contributed by atoms with Crippen molar-refractivity contribution in [3.05, 3.63) is 30.4 Å². The smallest absolute Gasteiger partial charge is 0.220 e. The van der Waals surface area contributed by atoms with Gasteiger partial charge in [-0.1, -0.05) is 57.6 Å². The average molecular weight is 348 g/mol. The summed E-state index contributed by atoms with van der Waals surface area (Å²) in [6, 6.07) is 0. The lowest BCUT2D eigenvalue weighted by Crippen LogP contribution is -2.25. The van der Waals surface area contributed by atoms with Gasteiger partial charge in [0.25, 0.3) is 0 Å². The molecule has 0 aliphatic rings. The van der Waals surface area contributed by atoms with Gasteiger partial charge >= 0.3 is 0 Å². The molecule has 0 unspecified atom stereocenters. The Balaban J connectivity index is 1.80. The van der Waals surface area contributed by atoms with Crippen molar-refractivity contribution in [2.45, 2.75) is 90.4 Å². The standard InChI is InChI=1S/C21H37N3O/c1-2-3-4-5-6-7-8-9-10-11-12-13-14-15-21(25)23-17-16-20-18-22-19-24-20/h7-8,18-19H,2-6,9-17H2,1H3,(H,22,24)(H,23,25)/b8-7-. The minimum Gasteiger partial charge on any atom is -0.356 e. The average Bonchev–Trinajstić information content (AvgIpc) is 3.12. The third-order valence-electron chi connectivity index (χ3n) is 4.44. The number of H-pyrrole nitrogens is 1. The first kappa shape index (κ1) is 21.5. The van der Waals surface area contributed by atoms with Gasteiger partial charge in [-0.2, -0.15) is 0 Å². The molecule has 0 bridgehead atoms. The van der Waals surface area contributed by atoms with Crippen LogP contribution in [0.25, 0.3) is 0 Å². The van der Waals surface area contributed by atoms with Gasteiger partial charge in [-0.15, -0.1) is 0 Å². The van der Waals surface area contributed by atoms with Crippen molar-refractivity contribution in [2.75, 3.05) is 6.54 Å². The Kier molecular flexibility index (Phi) is 13.7. The number of hydrogen-bond acceptors (Lipinski definition) is 2. The minimum absolute atomic E-state index is 0.172. The topological polar surface area (TPSA) is 57.8 Å². The highest BCUT2D eigenvalue weighted by Crippen LogP contribution is 2.09. The van der Waals surface area contributed by atoms with Crippen LogP contribution in [0.15, 0.2) is 24.7 Å². The van der Waals surface area contributed by atoms with Gasteiger partial charge in [-0.25, -0.2) is 4.98 Å². The van der Waals surface area contributed by atoms with E-state index in [0.717, 1.165) is 25.0 Å². The van der Waals surface area contributed by atoms with Gasteiger partial charge in [0.05, 0.1) is 6.33 Å². The number of aromatic nitrogens is 2. The van der Waals surface area contributed by atoms with Crippen molar-refractivity contribution in [1.82, 2.24) is 15.3 Å². The van der Waals surface area contributed by atoms with Crippen LogP contribution >= 0.6 is 0 Å². The molecule has 4 heteroatoms. The van der Waals surface area contributed by atoms with E-state index in [1.54, 1.807) is 12.5 Å². The third-order valence-corrected chi connectivity index (χ3v) is 4.44. The number of allylic oxidation sites excluding steroid dienone is 2. The van der Waals surface area contributed by atoms with E-state index in [4.69, 9.17) is 0 Å². The fraction of sp³-hybridized carbons (Fsp3) is 0.714. The van der Waals surface area contributed by atoms with Gasteiger partial charge in [0.15, 0.2) is 0 Å². The van der Waals surface area contributed by atoms with Crippen LogP contribution in [0.1, 0.15) is 89.7 Å². The summed E-state index contributed by atoms with van der Waals surface area (Å²) >= 11 is 0. The first-order valence-electron chi connectivity index (χ1n) is 10.2. The molecule has 142 valence electrons. The quantitative estimate of drug-likeness (QED) is 0.314. The Bertz CT molecular complexity index is 440. The van der Waals surface area contributed by atoms with Crippen molar-refractivity contribution in [3.8, 4) is 0 Å². The maximum atomic E-state index is 11.7. The summed E-state index contributed by atoms with van der Waals surface area (Å²) in [6.07, 6.45) is 23.5. The van der Waals surface area contributed by atoms with E-state index in [1.165, 1.54) is 57.8 Å². The first-order valence-corrected chi connectivity index (χ1v) is 10.2. The van der Waals surface area contributed by atoms with E-state index in [1.807, 2.05) is 0 Å². The van der Waals surface area contributed by atoms with Gasteiger partial charge in [0.1, 0.15) is 0 Å². The first-order chi connectivity index (χ1) is 12.3. The summed E-state index contributed by atoms with van der Waals surface area (Å²) in [4.78, 5) is 18.7. The number of nitrogens with one attached hydrogen (secondary N) is 2. The van der Waals surface area contributed by atoms with Crippen molar-refractivity contribution in [1.29, 1.82) is 0 Å². The molecule has 0 fully saturated rings. The van der Waals surface area contributed by atoms with Crippen molar-refractivity contribution < 1.29 is 4.79 Å². The summed E-state index contributed by atoms with van der Waals surface area (Å²) in [5, 5.41) is 2.97. The summed E-state index contributed by atoms with van der Waals surface area (Å²) in [7, 11) is 0. The number of carbonyl (C=O) groups excluding carboxylic acids is 1. The van der Waals surface area contributed by atoms with Gasteiger partial charge in [0, 0.05) is 31.3 Å². The maximum absolute atomic E-state index is 11.7. The second-order valence-electron chi connectivity index (χ2n) is 6.80. The Morgan fingerprint density at radius 1 is 1.04 bits per heavy atom. The van der Waals surface area contributed by atoms with E-state index in [-0.39, 0.29) is 5.91 Å². The summed E-state index contributed by atoms with van der Waals surface area (Å²) in [5.41, 5.74) is 1.07. The number of unbranched alkanes of at least 4 members (excludes halogenated alkanes) is 9. The summed E-state index contributed by atoms with van der Waals surface area (Å²) in [6.45, 7) is 2.94. The molecule has 1 aromatic heterocycles. The molecule has 0 aliphatic carbocycles. The zero-order valence-electron chi connectivity index (χ0n) is 16.1. The zero-order chi connectivity index (χ0) is 18.0. The van der Waals surface area contributed by atoms with Gasteiger partial charge in [0.2, 0.25) is 5.91 Å². The van der Waals surface area contributed by atoms with Crippen LogP contribution in [-0.2, 0) is 11.2 Å². The molecule has 1 rings (SSSR count). The van der Waals surface area contributed by atoms with Gasteiger partial charge < -0.3 is 10.3 Å². The number of nitrogens with zero attached hydrogens (tertiary/aromatic N) is 1. The van der Waals surface area contributed by atoms with Gasteiger partial charge in [-0.05, 0) is 32.1 Å². The van der Waals surface area contributed by atoms with Crippen LogP contribution in [0.4, 0.5) is 0 Å². The van der Waals surface area contributed by atoms with E-state index in [0.29, 0.717) is 13.0 Å². The van der Waals surface area contributed by atoms with E-state index < -0.39 is 0 Å². The SMILES string of the molecule is CCCCCC/C=C\CCCCCCCC(=O)NCCc1cnc[nH]1.